The van der Waals surface area contributed by atoms with Crippen LogP contribution in [0.4, 0.5) is 17.3 Å². The molecule has 2 saturated heterocycles. The van der Waals surface area contributed by atoms with Gasteiger partial charge in [-0.3, -0.25) is 9.59 Å². The Balaban J connectivity index is 1.37. The molecule has 2 aliphatic rings. The van der Waals surface area contributed by atoms with E-state index >= 15 is 0 Å². The Morgan fingerprint density at radius 3 is 2.52 bits per heavy atom. The zero-order valence-corrected chi connectivity index (χ0v) is 15.0. The zero-order chi connectivity index (χ0) is 18.6. The lowest BCUT2D eigenvalue weighted by Gasteiger charge is -2.36. The van der Waals surface area contributed by atoms with Crippen molar-refractivity contribution < 1.29 is 9.59 Å². The number of anilines is 3. The zero-order valence-electron chi connectivity index (χ0n) is 15.0. The molecule has 27 heavy (non-hydrogen) atoms. The molecule has 0 spiro atoms. The van der Waals surface area contributed by atoms with Gasteiger partial charge in [0.2, 0.25) is 11.8 Å². The van der Waals surface area contributed by atoms with Crippen molar-refractivity contribution in [1.82, 2.24) is 15.3 Å². The maximum atomic E-state index is 12.2. The summed E-state index contributed by atoms with van der Waals surface area (Å²) >= 11 is 0. The van der Waals surface area contributed by atoms with E-state index < -0.39 is 6.04 Å². The molecule has 1 aromatic carbocycles. The van der Waals surface area contributed by atoms with E-state index in [0.29, 0.717) is 18.7 Å². The molecule has 0 bridgehead atoms. The molecule has 0 saturated carbocycles. The van der Waals surface area contributed by atoms with Gasteiger partial charge in [0, 0.05) is 44.4 Å². The predicted octanol–water partition coefficient (Wildman–Crippen LogP) is 1.02. The first kappa shape index (κ1) is 17.3. The monoisotopic (exact) mass is 366 g/mol. The van der Waals surface area contributed by atoms with Crippen LogP contribution in [0, 0.1) is 0 Å². The lowest BCUT2D eigenvalue weighted by molar-refractivity contribution is -0.122. The van der Waals surface area contributed by atoms with Gasteiger partial charge in [0.1, 0.15) is 24.0 Å². The number of amides is 2. The Labute approximate surface area is 157 Å². The molecule has 2 fully saturated rings. The van der Waals surface area contributed by atoms with Crippen molar-refractivity contribution in [3.8, 4) is 0 Å². The van der Waals surface area contributed by atoms with Gasteiger partial charge in [-0.05, 0) is 18.6 Å². The number of benzene rings is 1. The molecule has 0 aliphatic carbocycles. The highest BCUT2D eigenvalue weighted by atomic mass is 16.2. The second-order valence-electron chi connectivity index (χ2n) is 6.72. The first-order valence-electron chi connectivity index (χ1n) is 9.16. The van der Waals surface area contributed by atoms with Crippen LogP contribution in [0.25, 0.3) is 0 Å². The maximum absolute atomic E-state index is 12.2. The minimum absolute atomic E-state index is 0.0881. The lowest BCUT2D eigenvalue weighted by Crippen LogP contribution is -2.46. The number of carbonyl (C=O) groups is 2. The smallest absolute Gasteiger partial charge is 0.248 e. The van der Waals surface area contributed by atoms with Gasteiger partial charge < -0.3 is 20.4 Å². The molecule has 3 heterocycles. The maximum Gasteiger partial charge on any atom is 0.248 e. The molecule has 1 unspecified atom stereocenters. The van der Waals surface area contributed by atoms with Gasteiger partial charge in [-0.2, -0.15) is 0 Å². The van der Waals surface area contributed by atoms with E-state index in [1.165, 1.54) is 12.0 Å². The third-order valence-electron chi connectivity index (χ3n) is 4.94. The van der Waals surface area contributed by atoms with E-state index in [1.807, 2.05) is 18.2 Å². The molecule has 2 N–H and O–H groups in total. The standard InChI is InChI=1S/C19H22N6O2/c26-18-7-6-15(22-18)19(27)23-16-12-17(21-13-20-16)25-10-8-24(9-11-25)14-4-2-1-3-5-14/h1-5,12-13,15H,6-11H2,(H,22,26)(H,20,21,23,27). The van der Waals surface area contributed by atoms with Crippen LogP contribution in [0.1, 0.15) is 12.8 Å². The normalized spacial score (nSPS) is 19.7. The van der Waals surface area contributed by atoms with Crippen LogP contribution in [0.2, 0.25) is 0 Å². The summed E-state index contributed by atoms with van der Waals surface area (Å²) in [5.41, 5.74) is 1.23. The van der Waals surface area contributed by atoms with E-state index in [0.717, 1.165) is 32.0 Å². The molecule has 1 atom stereocenters. The van der Waals surface area contributed by atoms with E-state index in [-0.39, 0.29) is 11.8 Å². The van der Waals surface area contributed by atoms with E-state index in [9.17, 15) is 9.59 Å². The highest BCUT2D eigenvalue weighted by molar-refractivity contribution is 5.98. The number of nitrogens with one attached hydrogen (secondary N) is 2. The van der Waals surface area contributed by atoms with Crippen molar-refractivity contribution in [2.75, 3.05) is 41.3 Å². The first-order valence-corrected chi connectivity index (χ1v) is 9.16. The average molecular weight is 366 g/mol. The number of hydrogen-bond acceptors (Lipinski definition) is 6. The average Bonchev–Trinajstić information content (AvgIpc) is 3.16. The summed E-state index contributed by atoms with van der Waals surface area (Å²) in [4.78, 5) is 36.5. The fraction of sp³-hybridized carbons (Fsp3) is 0.368. The summed E-state index contributed by atoms with van der Waals surface area (Å²) in [6.45, 7) is 3.50. The molecule has 8 heteroatoms. The number of para-hydroxylation sites is 1. The molecular formula is C19H22N6O2. The molecule has 0 radical (unpaired) electrons. The Morgan fingerprint density at radius 2 is 1.81 bits per heavy atom. The summed E-state index contributed by atoms with van der Waals surface area (Å²) in [5, 5.41) is 5.44. The van der Waals surface area contributed by atoms with E-state index in [1.54, 1.807) is 6.07 Å². The third kappa shape index (κ3) is 3.99. The Hall–Kier alpha value is -3.16. The minimum atomic E-state index is -0.481. The SMILES string of the molecule is O=C1CCC(C(=O)Nc2cc(N3CCN(c4ccccc4)CC3)ncn2)N1. The van der Waals surface area contributed by atoms with Gasteiger partial charge in [-0.1, -0.05) is 18.2 Å². The molecule has 8 nitrogen and oxygen atoms in total. The quantitative estimate of drug-likeness (QED) is 0.840. The second kappa shape index (κ2) is 7.61. The Bertz CT molecular complexity index is 820. The number of carbonyl (C=O) groups excluding carboxylic acids is 2. The lowest BCUT2D eigenvalue weighted by atomic mass is 10.2. The van der Waals surface area contributed by atoms with Crippen LogP contribution in [0.3, 0.4) is 0 Å². The van der Waals surface area contributed by atoms with Crippen LogP contribution in [0.5, 0.6) is 0 Å². The third-order valence-corrected chi connectivity index (χ3v) is 4.94. The predicted molar refractivity (Wildman–Crippen MR) is 103 cm³/mol. The largest absolute Gasteiger partial charge is 0.368 e. The fourth-order valence-corrected chi connectivity index (χ4v) is 3.44. The van der Waals surface area contributed by atoms with Crippen LogP contribution < -0.4 is 20.4 Å². The summed E-state index contributed by atoms with van der Waals surface area (Å²) in [7, 11) is 0. The van der Waals surface area contributed by atoms with Crippen molar-refractivity contribution in [1.29, 1.82) is 0 Å². The van der Waals surface area contributed by atoms with Crippen molar-refractivity contribution in [2.45, 2.75) is 18.9 Å². The molecular weight excluding hydrogens is 344 g/mol. The molecule has 2 aromatic rings. The van der Waals surface area contributed by atoms with Crippen LogP contribution in [0.15, 0.2) is 42.7 Å². The van der Waals surface area contributed by atoms with Gasteiger partial charge >= 0.3 is 0 Å². The van der Waals surface area contributed by atoms with E-state index in [4.69, 9.17) is 0 Å². The van der Waals surface area contributed by atoms with Crippen molar-refractivity contribution in [3.63, 3.8) is 0 Å². The second-order valence-corrected chi connectivity index (χ2v) is 6.72. The molecule has 2 amide bonds. The van der Waals surface area contributed by atoms with Crippen LogP contribution >= 0.6 is 0 Å². The highest BCUT2D eigenvalue weighted by Crippen LogP contribution is 2.20. The molecule has 2 aliphatic heterocycles. The number of piperazine rings is 1. The fourth-order valence-electron chi connectivity index (χ4n) is 3.44. The van der Waals surface area contributed by atoms with Crippen LogP contribution in [-0.2, 0) is 9.59 Å². The van der Waals surface area contributed by atoms with Gasteiger partial charge in [0.05, 0.1) is 0 Å². The van der Waals surface area contributed by atoms with Gasteiger partial charge in [-0.15, -0.1) is 0 Å². The number of nitrogens with zero attached hydrogens (tertiary/aromatic N) is 4. The van der Waals surface area contributed by atoms with Crippen molar-refractivity contribution in [3.05, 3.63) is 42.7 Å². The molecule has 4 rings (SSSR count). The minimum Gasteiger partial charge on any atom is -0.368 e. The summed E-state index contributed by atoms with van der Waals surface area (Å²) in [6.07, 6.45) is 2.37. The van der Waals surface area contributed by atoms with Gasteiger partial charge in [0.15, 0.2) is 0 Å². The van der Waals surface area contributed by atoms with Gasteiger partial charge in [-0.25, -0.2) is 9.97 Å². The highest BCUT2D eigenvalue weighted by Gasteiger charge is 2.27. The van der Waals surface area contributed by atoms with Crippen molar-refractivity contribution >= 4 is 29.1 Å². The van der Waals surface area contributed by atoms with E-state index in [2.05, 4.69) is 42.5 Å². The van der Waals surface area contributed by atoms with Gasteiger partial charge in [0.25, 0.3) is 0 Å². The Morgan fingerprint density at radius 1 is 1.07 bits per heavy atom. The number of aromatic nitrogens is 2. The number of hydrogen-bond donors (Lipinski definition) is 2. The summed E-state index contributed by atoms with van der Waals surface area (Å²) < 4.78 is 0. The topological polar surface area (TPSA) is 90.5 Å². The first-order chi connectivity index (χ1) is 13.2. The summed E-state index contributed by atoms with van der Waals surface area (Å²) in [6, 6.07) is 11.7. The van der Waals surface area contributed by atoms with Crippen LogP contribution in [-0.4, -0.2) is 54.0 Å². The summed E-state index contributed by atoms with van der Waals surface area (Å²) in [5.74, 6) is 0.925. The number of rotatable bonds is 4. The van der Waals surface area contributed by atoms with Crippen molar-refractivity contribution in [2.24, 2.45) is 0 Å². The molecule has 1 aromatic heterocycles. The Kier molecular flexibility index (Phi) is 4.86. The molecule has 140 valence electrons.